The molecular formula is C8H11NO3. The number of aliphatic carboxylic acids is 1. The van der Waals surface area contributed by atoms with Crippen LogP contribution in [0.4, 0.5) is 0 Å². The Labute approximate surface area is 71.1 Å². The molecule has 66 valence electrons. The number of carboxylic acids is 1. The fourth-order valence-corrected chi connectivity index (χ4v) is 0.983. The van der Waals surface area contributed by atoms with E-state index in [2.05, 4.69) is 11.8 Å². The Morgan fingerprint density at radius 3 is 3.08 bits per heavy atom. The van der Waals surface area contributed by atoms with Gasteiger partial charge in [-0.15, -0.1) is 0 Å². The fourth-order valence-electron chi connectivity index (χ4n) is 0.983. The molecule has 0 aromatic carbocycles. The van der Waals surface area contributed by atoms with Gasteiger partial charge in [-0.3, -0.25) is 4.90 Å². The first kappa shape index (κ1) is 9.04. The summed E-state index contributed by atoms with van der Waals surface area (Å²) in [5, 5.41) is 8.30. The minimum absolute atomic E-state index is 0.0742. The van der Waals surface area contributed by atoms with Gasteiger partial charge in [0.2, 0.25) is 0 Å². The number of morpholine rings is 1. The predicted octanol–water partition coefficient (Wildman–Crippen LogP) is -0.595. The Morgan fingerprint density at radius 2 is 2.50 bits per heavy atom. The molecule has 0 spiro atoms. The van der Waals surface area contributed by atoms with Crippen molar-refractivity contribution in [2.75, 3.05) is 26.8 Å². The summed E-state index contributed by atoms with van der Waals surface area (Å²) in [7, 11) is 1.91. The van der Waals surface area contributed by atoms with E-state index < -0.39 is 5.97 Å². The van der Waals surface area contributed by atoms with Gasteiger partial charge in [0.05, 0.1) is 19.3 Å². The van der Waals surface area contributed by atoms with Crippen LogP contribution in [0.5, 0.6) is 0 Å². The number of rotatable bonds is 0. The standard InChI is InChI=1S/C8H11NO3/c1-9-4-5-12-6-7(9)2-3-8(10)11/h7H,4-6H2,1H3,(H,10,11). The van der Waals surface area contributed by atoms with Crippen molar-refractivity contribution in [2.24, 2.45) is 0 Å². The lowest BCUT2D eigenvalue weighted by Gasteiger charge is -2.28. The molecule has 1 fully saturated rings. The quantitative estimate of drug-likeness (QED) is 0.492. The Hall–Kier alpha value is -1.05. The van der Waals surface area contributed by atoms with Crippen molar-refractivity contribution in [1.29, 1.82) is 0 Å². The summed E-state index contributed by atoms with van der Waals surface area (Å²) in [4.78, 5) is 12.1. The van der Waals surface area contributed by atoms with Gasteiger partial charge in [0.25, 0.3) is 0 Å². The number of hydrogen-bond acceptors (Lipinski definition) is 3. The molecule has 12 heavy (non-hydrogen) atoms. The first-order chi connectivity index (χ1) is 5.70. The van der Waals surface area contributed by atoms with Gasteiger partial charge in [-0.05, 0) is 7.05 Å². The molecular weight excluding hydrogens is 158 g/mol. The molecule has 0 bridgehead atoms. The van der Waals surface area contributed by atoms with Gasteiger partial charge in [0.1, 0.15) is 0 Å². The molecule has 1 heterocycles. The van der Waals surface area contributed by atoms with Crippen molar-refractivity contribution in [3.05, 3.63) is 0 Å². The summed E-state index contributed by atoms with van der Waals surface area (Å²) in [6.45, 7) is 2.00. The average Bonchev–Trinajstić information content (AvgIpc) is 2.03. The number of likely N-dealkylation sites (N-methyl/N-ethyl adjacent to an activating group) is 1. The highest BCUT2D eigenvalue weighted by molar-refractivity contribution is 5.86. The van der Waals surface area contributed by atoms with E-state index in [4.69, 9.17) is 9.84 Å². The maximum Gasteiger partial charge on any atom is 0.381 e. The molecule has 1 aliphatic rings. The lowest BCUT2D eigenvalue weighted by Crippen LogP contribution is -2.41. The normalized spacial score (nSPS) is 24.2. The van der Waals surface area contributed by atoms with E-state index in [9.17, 15) is 4.79 Å². The predicted molar refractivity (Wildman–Crippen MR) is 42.6 cm³/mol. The molecule has 0 aromatic heterocycles. The topological polar surface area (TPSA) is 49.8 Å². The van der Waals surface area contributed by atoms with Crippen LogP contribution in [0, 0.1) is 11.8 Å². The minimum Gasteiger partial charge on any atom is -0.472 e. The summed E-state index contributed by atoms with van der Waals surface area (Å²) in [5.74, 6) is 3.62. The van der Waals surface area contributed by atoms with Gasteiger partial charge >= 0.3 is 5.97 Å². The second-order valence-corrected chi connectivity index (χ2v) is 2.65. The van der Waals surface area contributed by atoms with E-state index in [0.29, 0.717) is 13.2 Å². The number of carbonyl (C=O) groups is 1. The highest BCUT2D eigenvalue weighted by Crippen LogP contribution is 2.01. The van der Waals surface area contributed by atoms with E-state index in [0.717, 1.165) is 6.54 Å². The van der Waals surface area contributed by atoms with Crippen LogP contribution in [0.2, 0.25) is 0 Å². The van der Waals surface area contributed by atoms with Crippen LogP contribution in [0.15, 0.2) is 0 Å². The number of nitrogens with zero attached hydrogens (tertiary/aromatic N) is 1. The third kappa shape index (κ3) is 2.53. The van der Waals surface area contributed by atoms with Crippen LogP contribution in [0.25, 0.3) is 0 Å². The molecule has 1 atom stereocenters. The maximum absolute atomic E-state index is 10.1. The zero-order valence-corrected chi connectivity index (χ0v) is 6.91. The molecule has 0 radical (unpaired) electrons. The molecule has 1 aliphatic heterocycles. The summed E-state index contributed by atoms with van der Waals surface area (Å²) in [6.07, 6.45) is 0. The number of carboxylic acid groups (broad SMARTS) is 1. The molecule has 0 saturated carbocycles. The van der Waals surface area contributed by atoms with E-state index >= 15 is 0 Å². The average molecular weight is 169 g/mol. The van der Waals surface area contributed by atoms with Crippen LogP contribution in [0.3, 0.4) is 0 Å². The Balaban J connectivity index is 2.51. The van der Waals surface area contributed by atoms with Crippen molar-refractivity contribution in [2.45, 2.75) is 6.04 Å². The maximum atomic E-state index is 10.1. The highest BCUT2D eigenvalue weighted by atomic mass is 16.5. The van der Waals surface area contributed by atoms with Crippen LogP contribution >= 0.6 is 0 Å². The fraction of sp³-hybridized carbons (Fsp3) is 0.625. The van der Waals surface area contributed by atoms with Crippen molar-refractivity contribution in [3.8, 4) is 11.8 Å². The molecule has 0 aromatic rings. The SMILES string of the molecule is CN1CCOCC1C#CC(=O)O. The lowest BCUT2D eigenvalue weighted by atomic mass is 10.2. The monoisotopic (exact) mass is 169 g/mol. The van der Waals surface area contributed by atoms with Crippen molar-refractivity contribution >= 4 is 5.97 Å². The third-order valence-electron chi connectivity index (χ3n) is 1.74. The summed E-state index contributed by atoms with van der Waals surface area (Å²) >= 11 is 0. The zero-order valence-electron chi connectivity index (χ0n) is 6.91. The highest BCUT2D eigenvalue weighted by Gasteiger charge is 2.16. The van der Waals surface area contributed by atoms with E-state index in [-0.39, 0.29) is 6.04 Å². The van der Waals surface area contributed by atoms with Crippen molar-refractivity contribution in [3.63, 3.8) is 0 Å². The Kier molecular flexibility index (Phi) is 3.09. The van der Waals surface area contributed by atoms with Gasteiger partial charge in [0, 0.05) is 12.5 Å². The van der Waals surface area contributed by atoms with Crippen LogP contribution < -0.4 is 0 Å². The molecule has 1 N–H and O–H groups in total. The molecule has 1 saturated heterocycles. The lowest BCUT2D eigenvalue weighted by molar-refractivity contribution is -0.130. The van der Waals surface area contributed by atoms with E-state index in [1.807, 2.05) is 11.9 Å². The van der Waals surface area contributed by atoms with E-state index in [1.54, 1.807) is 0 Å². The van der Waals surface area contributed by atoms with Crippen molar-refractivity contribution in [1.82, 2.24) is 4.90 Å². The molecule has 1 rings (SSSR count). The first-order valence-corrected chi connectivity index (χ1v) is 3.72. The Morgan fingerprint density at radius 1 is 1.75 bits per heavy atom. The minimum atomic E-state index is -1.09. The van der Waals surface area contributed by atoms with E-state index in [1.165, 1.54) is 0 Å². The third-order valence-corrected chi connectivity index (χ3v) is 1.74. The molecule has 4 nitrogen and oxygen atoms in total. The first-order valence-electron chi connectivity index (χ1n) is 3.72. The summed E-state index contributed by atoms with van der Waals surface area (Å²) < 4.78 is 5.15. The van der Waals surface area contributed by atoms with Gasteiger partial charge in [0.15, 0.2) is 0 Å². The van der Waals surface area contributed by atoms with Crippen molar-refractivity contribution < 1.29 is 14.6 Å². The van der Waals surface area contributed by atoms with Crippen LogP contribution in [-0.2, 0) is 9.53 Å². The Bertz CT molecular complexity index is 228. The van der Waals surface area contributed by atoms with Crippen LogP contribution in [-0.4, -0.2) is 48.8 Å². The molecule has 4 heteroatoms. The van der Waals surface area contributed by atoms with Gasteiger partial charge in [-0.25, -0.2) is 4.79 Å². The zero-order chi connectivity index (χ0) is 8.97. The molecule has 0 aliphatic carbocycles. The smallest absolute Gasteiger partial charge is 0.381 e. The molecule has 1 unspecified atom stereocenters. The second-order valence-electron chi connectivity index (χ2n) is 2.65. The second kappa shape index (κ2) is 4.10. The summed E-state index contributed by atoms with van der Waals surface area (Å²) in [5.41, 5.74) is 0. The number of ether oxygens (including phenoxy) is 1. The number of hydrogen-bond donors (Lipinski definition) is 1. The largest absolute Gasteiger partial charge is 0.472 e. The van der Waals surface area contributed by atoms with Gasteiger partial charge in [-0.2, -0.15) is 0 Å². The molecule has 0 amide bonds. The van der Waals surface area contributed by atoms with Gasteiger partial charge in [-0.1, -0.05) is 5.92 Å². The summed E-state index contributed by atoms with van der Waals surface area (Å²) in [6, 6.07) is -0.0742. The van der Waals surface area contributed by atoms with Crippen LogP contribution in [0.1, 0.15) is 0 Å². The van der Waals surface area contributed by atoms with Gasteiger partial charge < -0.3 is 9.84 Å².